The Hall–Kier alpha value is -3.25. The number of benzene rings is 1. The number of nitrogens with zero attached hydrogens (tertiary/aromatic N) is 4. The highest BCUT2D eigenvalue weighted by molar-refractivity contribution is 5.78. The average Bonchev–Trinajstić information content (AvgIpc) is 3.26. The SMILES string of the molecule is Nc1ncc(-c2cccc(-c3ccccn3)c2)c(NCCCN2CC=CC2)n1. The summed E-state index contributed by atoms with van der Waals surface area (Å²) in [6, 6.07) is 14.2. The van der Waals surface area contributed by atoms with Gasteiger partial charge in [-0.3, -0.25) is 9.88 Å². The van der Waals surface area contributed by atoms with Crippen LogP contribution < -0.4 is 11.1 Å². The molecule has 0 saturated carbocycles. The average molecular weight is 372 g/mol. The fraction of sp³-hybridized carbons (Fsp3) is 0.227. The van der Waals surface area contributed by atoms with Crippen LogP contribution in [0.15, 0.2) is 67.0 Å². The van der Waals surface area contributed by atoms with Gasteiger partial charge in [-0.1, -0.05) is 36.4 Å². The van der Waals surface area contributed by atoms with Crippen LogP contribution in [0.25, 0.3) is 22.4 Å². The molecule has 0 saturated heterocycles. The summed E-state index contributed by atoms with van der Waals surface area (Å²) in [5, 5.41) is 3.44. The van der Waals surface area contributed by atoms with Crippen LogP contribution in [0.2, 0.25) is 0 Å². The number of nitrogens with one attached hydrogen (secondary N) is 1. The van der Waals surface area contributed by atoms with E-state index in [4.69, 9.17) is 5.73 Å². The summed E-state index contributed by atoms with van der Waals surface area (Å²) in [5.74, 6) is 1.04. The molecule has 3 heterocycles. The Balaban J connectivity index is 1.51. The molecule has 2 aromatic heterocycles. The fourth-order valence-electron chi connectivity index (χ4n) is 3.33. The van der Waals surface area contributed by atoms with Crippen molar-refractivity contribution in [2.24, 2.45) is 0 Å². The summed E-state index contributed by atoms with van der Waals surface area (Å²) in [4.78, 5) is 15.5. The molecule has 0 spiro atoms. The number of hydrogen-bond acceptors (Lipinski definition) is 6. The standard InChI is InChI=1S/C22H24N6/c23-22-26-16-19(21(27-22)25-11-6-14-28-12-3-4-13-28)17-7-5-8-18(15-17)20-9-1-2-10-24-20/h1-5,7-10,15-16H,6,11-14H2,(H3,23,25,26,27). The van der Waals surface area contributed by atoms with Crippen molar-refractivity contribution in [1.82, 2.24) is 19.9 Å². The molecule has 6 heteroatoms. The van der Waals surface area contributed by atoms with Gasteiger partial charge in [0.05, 0.1) is 5.69 Å². The molecule has 0 unspecified atom stereocenters. The van der Waals surface area contributed by atoms with Crippen molar-refractivity contribution in [2.45, 2.75) is 6.42 Å². The predicted molar refractivity (Wildman–Crippen MR) is 114 cm³/mol. The van der Waals surface area contributed by atoms with Gasteiger partial charge in [-0.2, -0.15) is 4.98 Å². The Kier molecular flexibility index (Phi) is 5.58. The maximum Gasteiger partial charge on any atom is 0.221 e. The highest BCUT2D eigenvalue weighted by Crippen LogP contribution is 2.29. The number of pyridine rings is 1. The first-order valence-electron chi connectivity index (χ1n) is 9.55. The summed E-state index contributed by atoms with van der Waals surface area (Å²) >= 11 is 0. The van der Waals surface area contributed by atoms with Crippen molar-refractivity contribution >= 4 is 11.8 Å². The minimum Gasteiger partial charge on any atom is -0.369 e. The normalized spacial score (nSPS) is 13.7. The molecule has 1 aliphatic heterocycles. The van der Waals surface area contributed by atoms with Crippen molar-refractivity contribution in [3.05, 3.63) is 67.0 Å². The molecule has 0 aliphatic carbocycles. The van der Waals surface area contributed by atoms with E-state index >= 15 is 0 Å². The molecule has 142 valence electrons. The van der Waals surface area contributed by atoms with E-state index in [2.05, 4.69) is 55.5 Å². The van der Waals surface area contributed by atoms with Gasteiger partial charge in [0.2, 0.25) is 5.95 Å². The summed E-state index contributed by atoms with van der Waals surface area (Å²) in [6.07, 6.45) is 9.05. The Labute approximate surface area is 165 Å². The zero-order valence-electron chi connectivity index (χ0n) is 15.8. The third kappa shape index (κ3) is 4.35. The molecule has 28 heavy (non-hydrogen) atoms. The lowest BCUT2D eigenvalue weighted by Crippen LogP contribution is -2.23. The van der Waals surface area contributed by atoms with E-state index in [9.17, 15) is 0 Å². The first-order valence-corrected chi connectivity index (χ1v) is 9.55. The van der Waals surface area contributed by atoms with Crippen LogP contribution in [0.4, 0.5) is 11.8 Å². The maximum atomic E-state index is 5.84. The number of hydrogen-bond donors (Lipinski definition) is 2. The van der Waals surface area contributed by atoms with E-state index in [0.717, 1.165) is 60.8 Å². The van der Waals surface area contributed by atoms with Gasteiger partial charge < -0.3 is 11.1 Å². The second-order valence-corrected chi connectivity index (χ2v) is 6.80. The van der Waals surface area contributed by atoms with Crippen LogP contribution in [-0.2, 0) is 0 Å². The van der Waals surface area contributed by atoms with Gasteiger partial charge in [-0.25, -0.2) is 4.98 Å². The third-order valence-electron chi connectivity index (χ3n) is 4.78. The van der Waals surface area contributed by atoms with Crippen molar-refractivity contribution in [1.29, 1.82) is 0 Å². The third-order valence-corrected chi connectivity index (χ3v) is 4.78. The van der Waals surface area contributed by atoms with Gasteiger partial charge in [0.1, 0.15) is 5.82 Å². The predicted octanol–water partition coefficient (Wildman–Crippen LogP) is 3.46. The lowest BCUT2D eigenvalue weighted by atomic mass is 10.0. The van der Waals surface area contributed by atoms with Crippen LogP contribution in [0.5, 0.6) is 0 Å². The molecule has 0 radical (unpaired) electrons. The Morgan fingerprint density at radius 2 is 1.86 bits per heavy atom. The first kappa shape index (κ1) is 18.1. The highest BCUT2D eigenvalue weighted by Gasteiger charge is 2.11. The molecule has 1 aromatic carbocycles. The lowest BCUT2D eigenvalue weighted by Gasteiger charge is -2.16. The van der Waals surface area contributed by atoms with Crippen LogP contribution in [0, 0.1) is 0 Å². The minimum absolute atomic E-state index is 0.274. The van der Waals surface area contributed by atoms with E-state index in [0.29, 0.717) is 0 Å². The van der Waals surface area contributed by atoms with Crippen LogP contribution in [-0.4, -0.2) is 46.0 Å². The topological polar surface area (TPSA) is 80.0 Å². The molecule has 1 aliphatic rings. The lowest BCUT2D eigenvalue weighted by molar-refractivity contribution is 0.351. The molecule has 0 bridgehead atoms. The van der Waals surface area contributed by atoms with E-state index in [1.165, 1.54) is 0 Å². The van der Waals surface area contributed by atoms with Gasteiger partial charge in [-0.05, 0) is 30.2 Å². The summed E-state index contributed by atoms with van der Waals surface area (Å²) in [6.45, 7) is 3.99. The van der Waals surface area contributed by atoms with E-state index < -0.39 is 0 Å². The molecule has 3 aromatic rings. The van der Waals surface area contributed by atoms with E-state index in [-0.39, 0.29) is 5.95 Å². The van der Waals surface area contributed by atoms with Gasteiger partial charge in [0, 0.05) is 49.7 Å². The summed E-state index contributed by atoms with van der Waals surface area (Å²) in [7, 11) is 0. The molecule has 0 fully saturated rings. The number of nitrogens with two attached hydrogens (primary N) is 1. The quantitative estimate of drug-likeness (QED) is 0.488. The van der Waals surface area contributed by atoms with Gasteiger partial charge in [-0.15, -0.1) is 0 Å². The largest absolute Gasteiger partial charge is 0.369 e. The Bertz CT molecular complexity index is 946. The maximum absolute atomic E-state index is 5.84. The van der Waals surface area contributed by atoms with Crippen molar-refractivity contribution in [3.8, 4) is 22.4 Å². The molecular weight excluding hydrogens is 348 g/mol. The highest BCUT2D eigenvalue weighted by atomic mass is 15.1. The van der Waals surface area contributed by atoms with Crippen LogP contribution in [0.3, 0.4) is 0 Å². The Morgan fingerprint density at radius 1 is 1.00 bits per heavy atom. The molecule has 3 N–H and O–H groups in total. The second-order valence-electron chi connectivity index (χ2n) is 6.80. The van der Waals surface area contributed by atoms with Gasteiger partial charge >= 0.3 is 0 Å². The Morgan fingerprint density at radius 3 is 2.68 bits per heavy atom. The summed E-state index contributed by atoms with van der Waals surface area (Å²) in [5.41, 5.74) is 9.81. The number of aromatic nitrogens is 3. The number of rotatable bonds is 7. The van der Waals surface area contributed by atoms with Crippen molar-refractivity contribution in [3.63, 3.8) is 0 Å². The molecule has 6 nitrogen and oxygen atoms in total. The van der Waals surface area contributed by atoms with Crippen molar-refractivity contribution in [2.75, 3.05) is 37.2 Å². The second kappa shape index (κ2) is 8.63. The number of anilines is 2. The molecular formula is C22H24N6. The van der Waals surface area contributed by atoms with Crippen LogP contribution in [0.1, 0.15) is 6.42 Å². The van der Waals surface area contributed by atoms with E-state index in [1.54, 1.807) is 12.4 Å². The number of nitrogen functional groups attached to an aromatic ring is 1. The van der Waals surface area contributed by atoms with Gasteiger partial charge in [0.15, 0.2) is 0 Å². The zero-order valence-corrected chi connectivity index (χ0v) is 15.8. The van der Waals surface area contributed by atoms with E-state index in [1.807, 2.05) is 24.3 Å². The fourth-order valence-corrected chi connectivity index (χ4v) is 3.33. The monoisotopic (exact) mass is 372 g/mol. The zero-order chi connectivity index (χ0) is 19.2. The smallest absolute Gasteiger partial charge is 0.221 e. The van der Waals surface area contributed by atoms with Gasteiger partial charge in [0.25, 0.3) is 0 Å². The molecule has 0 atom stereocenters. The minimum atomic E-state index is 0.274. The first-order chi connectivity index (χ1) is 13.8. The van der Waals surface area contributed by atoms with Crippen LogP contribution >= 0.6 is 0 Å². The summed E-state index contributed by atoms with van der Waals surface area (Å²) < 4.78 is 0. The molecule has 0 amide bonds. The van der Waals surface area contributed by atoms with Crippen molar-refractivity contribution < 1.29 is 0 Å². The molecule has 4 rings (SSSR count).